The molecule has 96 valence electrons. The molecule has 1 rings (SSSR count). The first-order valence-corrected chi connectivity index (χ1v) is 6.80. The number of hydrogen-bond donors (Lipinski definition) is 2. The summed E-state index contributed by atoms with van der Waals surface area (Å²) in [6, 6.07) is 6.12. The second-order valence-corrected chi connectivity index (χ2v) is 4.68. The van der Waals surface area contributed by atoms with Crippen LogP contribution in [0.5, 0.6) is 5.75 Å². The van der Waals surface area contributed by atoms with Gasteiger partial charge in [-0.15, -0.1) is 0 Å². The molecule has 0 heterocycles. The van der Waals surface area contributed by atoms with E-state index in [2.05, 4.69) is 40.3 Å². The van der Waals surface area contributed by atoms with Crippen LogP contribution in [0.15, 0.2) is 22.7 Å². The van der Waals surface area contributed by atoms with Crippen LogP contribution in [0.25, 0.3) is 0 Å². The minimum atomic E-state index is 0.228. The second kappa shape index (κ2) is 8.50. The Morgan fingerprint density at radius 2 is 2.18 bits per heavy atom. The maximum atomic E-state index is 8.67. The standard InChI is InChI=1S/C13H20BrNO2/c1-2-15-10-11-5-6-13(12(14)9-11)17-8-4-3-7-16/h5-6,9,15-16H,2-4,7-8,10H2,1H3. The van der Waals surface area contributed by atoms with Crippen LogP contribution in [0, 0.1) is 0 Å². The molecule has 0 amide bonds. The fraction of sp³-hybridized carbons (Fsp3) is 0.538. The number of ether oxygens (including phenoxy) is 1. The van der Waals surface area contributed by atoms with E-state index in [1.54, 1.807) is 0 Å². The molecule has 0 atom stereocenters. The number of unbranched alkanes of at least 4 members (excludes halogenated alkanes) is 1. The Bertz CT molecular complexity index is 331. The Balaban J connectivity index is 2.45. The molecule has 0 aliphatic carbocycles. The van der Waals surface area contributed by atoms with Crippen molar-refractivity contribution in [1.29, 1.82) is 0 Å². The molecule has 2 N–H and O–H groups in total. The maximum Gasteiger partial charge on any atom is 0.133 e. The normalized spacial score (nSPS) is 10.5. The number of rotatable bonds is 8. The molecular weight excluding hydrogens is 282 g/mol. The van der Waals surface area contributed by atoms with Crippen LogP contribution in [-0.2, 0) is 6.54 Å². The Morgan fingerprint density at radius 3 is 2.82 bits per heavy atom. The van der Waals surface area contributed by atoms with Crippen molar-refractivity contribution in [2.45, 2.75) is 26.3 Å². The lowest BCUT2D eigenvalue weighted by Gasteiger charge is -2.09. The maximum absolute atomic E-state index is 8.67. The molecule has 0 saturated heterocycles. The zero-order valence-corrected chi connectivity index (χ0v) is 11.8. The third-order valence-corrected chi connectivity index (χ3v) is 3.01. The lowest BCUT2D eigenvalue weighted by molar-refractivity contribution is 0.252. The summed E-state index contributed by atoms with van der Waals surface area (Å²) in [5.74, 6) is 0.864. The van der Waals surface area contributed by atoms with Gasteiger partial charge in [0.2, 0.25) is 0 Å². The van der Waals surface area contributed by atoms with Gasteiger partial charge in [0.05, 0.1) is 11.1 Å². The number of aliphatic hydroxyl groups excluding tert-OH is 1. The molecule has 0 radical (unpaired) electrons. The van der Waals surface area contributed by atoms with Gasteiger partial charge >= 0.3 is 0 Å². The molecule has 0 fully saturated rings. The van der Waals surface area contributed by atoms with Crippen LogP contribution in [0.1, 0.15) is 25.3 Å². The van der Waals surface area contributed by atoms with Crippen LogP contribution < -0.4 is 10.1 Å². The van der Waals surface area contributed by atoms with Gasteiger partial charge < -0.3 is 15.2 Å². The molecular formula is C13H20BrNO2. The van der Waals surface area contributed by atoms with E-state index in [1.165, 1.54) is 5.56 Å². The van der Waals surface area contributed by atoms with Crippen molar-refractivity contribution < 1.29 is 9.84 Å². The van der Waals surface area contributed by atoms with Crippen molar-refractivity contribution in [3.63, 3.8) is 0 Å². The summed E-state index contributed by atoms with van der Waals surface area (Å²) < 4.78 is 6.60. The summed E-state index contributed by atoms with van der Waals surface area (Å²) in [7, 11) is 0. The smallest absolute Gasteiger partial charge is 0.133 e. The van der Waals surface area contributed by atoms with E-state index in [0.717, 1.165) is 36.2 Å². The van der Waals surface area contributed by atoms with E-state index in [0.29, 0.717) is 6.61 Å². The highest BCUT2D eigenvalue weighted by atomic mass is 79.9. The van der Waals surface area contributed by atoms with Crippen molar-refractivity contribution in [2.75, 3.05) is 19.8 Å². The van der Waals surface area contributed by atoms with E-state index >= 15 is 0 Å². The van der Waals surface area contributed by atoms with Gasteiger partial charge in [0.25, 0.3) is 0 Å². The molecule has 0 bridgehead atoms. The van der Waals surface area contributed by atoms with Crippen LogP contribution in [0.3, 0.4) is 0 Å². The predicted molar refractivity (Wildman–Crippen MR) is 73.3 cm³/mol. The fourth-order valence-corrected chi connectivity index (χ4v) is 1.98. The summed E-state index contributed by atoms with van der Waals surface area (Å²) in [5, 5.41) is 11.9. The van der Waals surface area contributed by atoms with Crippen LogP contribution >= 0.6 is 15.9 Å². The molecule has 0 aliphatic heterocycles. The Labute approximate surface area is 111 Å². The van der Waals surface area contributed by atoms with Crippen molar-refractivity contribution in [1.82, 2.24) is 5.32 Å². The lowest BCUT2D eigenvalue weighted by atomic mass is 10.2. The molecule has 1 aromatic carbocycles. The SMILES string of the molecule is CCNCc1ccc(OCCCCO)c(Br)c1. The zero-order chi connectivity index (χ0) is 12.5. The first-order chi connectivity index (χ1) is 8.27. The topological polar surface area (TPSA) is 41.5 Å². The van der Waals surface area contributed by atoms with Crippen LogP contribution in [0.4, 0.5) is 0 Å². The van der Waals surface area contributed by atoms with Crippen LogP contribution in [0.2, 0.25) is 0 Å². The molecule has 0 spiro atoms. The van der Waals surface area contributed by atoms with E-state index in [4.69, 9.17) is 9.84 Å². The van der Waals surface area contributed by atoms with E-state index in [9.17, 15) is 0 Å². The predicted octanol–water partition coefficient (Wildman–Crippen LogP) is 2.71. The number of benzene rings is 1. The number of nitrogens with one attached hydrogen (secondary N) is 1. The Kier molecular flexibility index (Phi) is 7.24. The summed E-state index contributed by atoms with van der Waals surface area (Å²) >= 11 is 3.51. The highest BCUT2D eigenvalue weighted by molar-refractivity contribution is 9.10. The lowest BCUT2D eigenvalue weighted by Crippen LogP contribution is -2.11. The minimum absolute atomic E-state index is 0.228. The summed E-state index contributed by atoms with van der Waals surface area (Å²) in [6.45, 7) is 4.81. The summed E-state index contributed by atoms with van der Waals surface area (Å²) in [4.78, 5) is 0. The van der Waals surface area contributed by atoms with Crippen LogP contribution in [-0.4, -0.2) is 24.9 Å². The van der Waals surface area contributed by atoms with Gasteiger partial charge in [-0.1, -0.05) is 13.0 Å². The third kappa shape index (κ3) is 5.52. The first-order valence-electron chi connectivity index (χ1n) is 6.00. The molecule has 0 saturated carbocycles. The molecule has 4 heteroatoms. The minimum Gasteiger partial charge on any atom is -0.492 e. The van der Waals surface area contributed by atoms with Gasteiger partial charge in [-0.25, -0.2) is 0 Å². The van der Waals surface area contributed by atoms with Crippen molar-refractivity contribution >= 4 is 15.9 Å². The van der Waals surface area contributed by atoms with Gasteiger partial charge in [0.15, 0.2) is 0 Å². The van der Waals surface area contributed by atoms with E-state index in [-0.39, 0.29) is 6.61 Å². The molecule has 0 aromatic heterocycles. The molecule has 0 aliphatic rings. The molecule has 3 nitrogen and oxygen atoms in total. The average molecular weight is 302 g/mol. The van der Waals surface area contributed by atoms with E-state index < -0.39 is 0 Å². The molecule has 1 aromatic rings. The van der Waals surface area contributed by atoms with Gasteiger partial charge in [0, 0.05) is 13.2 Å². The van der Waals surface area contributed by atoms with Gasteiger partial charge in [-0.05, 0) is 53.0 Å². The zero-order valence-electron chi connectivity index (χ0n) is 10.2. The summed E-state index contributed by atoms with van der Waals surface area (Å²) in [5.41, 5.74) is 1.24. The average Bonchev–Trinajstić information content (AvgIpc) is 2.34. The van der Waals surface area contributed by atoms with Crippen molar-refractivity contribution in [3.05, 3.63) is 28.2 Å². The summed E-state index contributed by atoms with van der Waals surface area (Å²) in [6.07, 6.45) is 1.66. The monoisotopic (exact) mass is 301 g/mol. The largest absolute Gasteiger partial charge is 0.492 e. The van der Waals surface area contributed by atoms with Gasteiger partial charge in [-0.3, -0.25) is 0 Å². The fourth-order valence-electron chi connectivity index (χ4n) is 1.44. The number of halogens is 1. The van der Waals surface area contributed by atoms with Crippen molar-refractivity contribution in [3.8, 4) is 5.75 Å². The Hall–Kier alpha value is -0.580. The number of aliphatic hydroxyl groups is 1. The van der Waals surface area contributed by atoms with Crippen molar-refractivity contribution in [2.24, 2.45) is 0 Å². The number of hydrogen-bond acceptors (Lipinski definition) is 3. The molecule has 0 unspecified atom stereocenters. The quantitative estimate of drug-likeness (QED) is 0.726. The highest BCUT2D eigenvalue weighted by Gasteiger charge is 2.02. The highest BCUT2D eigenvalue weighted by Crippen LogP contribution is 2.26. The Morgan fingerprint density at radius 1 is 1.35 bits per heavy atom. The first kappa shape index (κ1) is 14.5. The molecule has 17 heavy (non-hydrogen) atoms. The third-order valence-electron chi connectivity index (χ3n) is 2.39. The van der Waals surface area contributed by atoms with Gasteiger partial charge in [-0.2, -0.15) is 0 Å². The second-order valence-electron chi connectivity index (χ2n) is 3.82. The van der Waals surface area contributed by atoms with Gasteiger partial charge in [0.1, 0.15) is 5.75 Å². The van der Waals surface area contributed by atoms with E-state index in [1.807, 2.05) is 6.07 Å².